The van der Waals surface area contributed by atoms with Gasteiger partial charge in [-0.25, -0.2) is 4.09 Å². The number of alkyl halides is 3. The second-order valence-electron chi connectivity index (χ2n) is 6.10. The number of amides is 1. The van der Waals surface area contributed by atoms with Gasteiger partial charge in [-0.2, -0.15) is 18.3 Å². The average molecular weight is 425 g/mol. The second-order valence-corrected chi connectivity index (χ2v) is 7.10. The first-order valence-electron chi connectivity index (χ1n) is 8.83. The Hall–Kier alpha value is -2.52. The number of halogens is 3. The maximum Gasteiger partial charge on any atom is 0.416 e. The van der Waals surface area contributed by atoms with Crippen LogP contribution < -0.4 is 0 Å². The number of nitrogens with zero attached hydrogens (tertiary/aromatic N) is 3. The molecule has 0 unspecified atom stereocenters. The molecule has 0 aliphatic carbocycles. The minimum atomic E-state index is -4.49. The Morgan fingerprint density at radius 1 is 1.24 bits per heavy atom. The summed E-state index contributed by atoms with van der Waals surface area (Å²) in [5.74, 6) is -0.177. The number of hydrogen-bond donors (Lipinski definition) is 1. The fourth-order valence-corrected chi connectivity index (χ4v) is 3.36. The van der Waals surface area contributed by atoms with Crippen LogP contribution in [0.1, 0.15) is 24.6 Å². The summed E-state index contributed by atoms with van der Waals surface area (Å²) in [6.45, 7) is 5.02. The van der Waals surface area contributed by atoms with Gasteiger partial charge in [0.1, 0.15) is 0 Å². The first-order chi connectivity index (χ1) is 13.8. The van der Waals surface area contributed by atoms with Gasteiger partial charge in [-0.1, -0.05) is 49.1 Å². The van der Waals surface area contributed by atoms with Crippen molar-refractivity contribution in [3.05, 3.63) is 77.0 Å². The number of carbonyl (C=O) groups excluding carboxylic acids is 1. The van der Waals surface area contributed by atoms with E-state index in [9.17, 15) is 18.0 Å². The third-order valence-electron chi connectivity index (χ3n) is 4.00. The van der Waals surface area contributed by atoms with Crippen LogP contribution in [0.2, 0.25) is 0 Å². The molecule has 0 saturated carbocycles. The molecule has 3 rings (SSSR count). The molecule has 1 aliphatic rings. The number of benzene rings is 1. The quantitative estimate of drug-likeness (QED) is 0.726. The van der Waals surface area contributed by atoms with Crippen molar-refractivity contribution in [2.24, 2.45) is 0 Å². The van der Waals surface area contributed by atoms with Crippen molar-refractivity contribution in [1.29, 1.82) is 0 Å². The zero-order chi connectivity index (χ0) is 21.4. The normalized spacial score (nSPS) is 13.6. The maximum atomic E-state index is 12.7. The van der Waals surface area contributed by atoms with Crippen LogP contribution in [0.3, 0.4) is 0 Å². The van der Waals surface area contributed by atoms with Crippen LogP contribution in [0.5, 0.6) is 0 Å². The molecule has 5 nitrogen and oxygen atoms in total. The third-order valence-corrected chi connectivity index (χ3v) is 5.05. The topological polar surface area (TPSA) is 58.4 Å². The number of aromatic nitrogens is 2. The lowest BCUT2D eigenvalue weighted by atomic mass is 10.3. The molecule has 156 valence electrons. The summed E-state index contributed by atoms with van der Waals surface area (Å²) in [6, 6.07) is 12.0. The Morgan fingerprint density at radius 3 is 2.28 bits per heavy atom. The Balaban J connectivity index is 0.000000426. The third kappa shape index (κ3) is 6.50. The molecule has 1 aliphatic heterocycles. The van der Waals surface area contributed by atoms with Crippen molar-refractivity contribution in [3.8, 4) is 0 Å². The molecule has 29 heavy (non-hydrogen) atoms. The SMILES string of the molecule is C=C(/C(=C\C)Sn1cc2c(n1)CN(C(=O)CCO)C2)C(F)(F)F.c1ccccc1. The maximum absolute atomic E-state index is 12.7. The molecular formula is C20H22F3N3O2S. The lowest BCUT2D eigenvalue weighted by Crippen LogP contribution is -2.26. The highest BCUT2D eigenvalue weighted by atomic mass is 32.2. The van der Waals surface area contributed by atoms with Crippen molar-refractivity contribution < 1.29 is 23.1 Å². The van der Waals surface area contributed by atoms with Crippen LogP contribution in [-0.2, 0) is 17.9 Å². The molecule has 9 heteroatoms. The van der Waals surface area contributed by atoms with E-state index in [1.54, 1.807) is 11.1 Å². The number of carbonyl (C=O) groups is 1. The Morgan fingerprint density at radius 2 is 1.83 bits per heavy atom. The zero-order valence-electron chi connectivity index (χ0n) is 15.9. The molecule has 0 fully saturated rings. The molecule has 2 aromatic rings. The number of rotatable bonds is 5. The monoisotopic (exact) mass is 425 g/mol. The highest BCUT2D eigenvalue weighted by molar-refractivity contribution is 8.01. The van der Waals surface area contributed by atoms with Crippen LogP contribution in [0.25, 0.3) is 0 Å². The number of aliphatic hydroxyl groups is 1. The molecular weight excluding hydrogens is 403 g/mol. The highest BCUT2D eigenvalue weighted by Gasteiger charge is 2.35. The van der Waals surface area contributed by atoms with Gasteiger partial charge in [0.15, 0.2) is 0 Å². The highest BCUT2D eigenvalue weighted by Crippen LogP contribution is 2.36. The van der Waals surface area contributed by atoms with E-state index in [4.69, 9.17) is 5.11 Å². The first-order valence-corrected chi connectivity index (χ1v) is 9.60. The van der Waals surface area contributed by atoms with E-state index in [1.165, 1.54) is 17.1 Å². The molecule has 0 bridgehead atoms. The Kier molecular flexibility index (Phi) is 8.10. The molecule has 1 aromatic heterocycles. The molecule has 1 amide bonds. The van der Waals surface area contributed by atoms with Crippen LogP contribution in [0, 0.1) is 0 Å². The lowest BCUT2D eigenvalue weighted by Gasteiger charge is -2.15. The number of hydrogen-bond acceptors (Lipinski definition) is 4. The summed E-state index contributed by atoms with van der Waals surface area (Å²) >= 11 is 0.832. The molecule has 0 atom stereocenters. The van der Waals surface area contributed by atoms with Gasteiger partial charge in [-0.15, -0.1) is 0 Å². The van der Waals surface area contributed by atoms with Crippen LogP contribution in [0.4, 0.5) is 13.2 Å². The van der Waals surface area contributed by atoms with Crippen molar-refractivity contribution in [2.45, 2.75) is 32.6 Å². The van der Waals surface area contributed by atoms with Crippen molar-refractivity contribution >= 4 is 17.9 Å². The van der Waals surface area contributed by atoms with Crippen LogP contribution in [-0.4, -0.2) is 37.9 Å². The predicted molar refractivity (Wildman–Crippen MR) is 107 cm³/mol. The van der Waals surface area contributed by atoms with Crippen molar-refractivity contribution in [3.63, 3.8) is 0 Å². The zero-order valence-corrected chi connectivity index (χ0v) is 16.7. The van der Waals surface area contributed by atoms with Gasteiger partial charge in [0.05, 0.1) is 24.4 Å². The van der Waals surface area contributed by atoms with Gasteiger partial charge in [-0.05, 0) is 6.92 Å². The molecule has 2 heterocycles. The van der Waals surface area contributed by atoms with E-state index in [0.29, 0.717) is 18.8 Å². The Labute approximate surface area is 171 Å². The lowest BCUT2D eigenvalue weighted by molar-refractivity contribution is -0.132. The largest absolute Gasteiger partial charge is 0.416 e. The van der Waals surface area contributed by atoms with E-state index in [2.05, 4.69) is 11.7 Å². The van der Waals surface area contributed by atoms with Crippen LogP contribution >= 0.6 is 11.9 Å². The second kappa shape index (κ2) is 10.3. The molecule has 0 radical (unpaired) electrons. The minimum absolute atomic E-state index is 0.0214. The van der Waals surface area contributed by atoms with E-state index >= 15 is 0 Å². The first kappa shape index (κ1) is 22.8. The van der Waals surface area contributed by atoms with E-state index in [0.717, 1.165) is 17.5 Å². The minimum Gasteiger partial charge on any atom is -0.396 e. The molecule has 0 spiro atoms. The van der Waals surface area contributed by atoms with Gasteiger partial charge in [0.25, 0.3) is 0 Å². The number of allylic oxidation sites excluding steroid dienone is 2. The standard InChI is InChI=1S/C14H16F3N3O2S.C6H6/c1-3-12(9(2)14(15,16)17)23-20-7-10-6-19(8-11(10)18-20)13(22)4-5-21;1-2-4-6-5-3-1/h3,7,21H,2,4-6,8H2,1H3;1-6H/b12-3+;. The summed E-state index contributed by atoms with van der Waals surface area (Å²) in [5.41, 5.74) is 0.522. The molecule has 1 N–H and O–H groups in total. The van der Waals surface area contributed by atoms with Gasteiger partial charge >= 0.3 is 6.18 Å². The number of aliphatic hydroxyl groups excluding tert-OH is 1. The van der Waals surface area contributed by atoms with E-state index in [1.807, 2.05) is 36.4 Å². The fourth-order valence-electron chi connectivity index (χ4n) is 2.51. The summed E-state index contributed by atoms with van der Waals surface area (Å²) in [7, 11) is 0. The summed E-state index contributed by atoms with van der Waals surface area (Å²) in [6.07, 6.45) is -1.49. The molecule has 1 aromatic carbocycles. The van der Waals surface area contributed by atoms with E-state index in [-0.39, 0.29) is 23.8 Å². The molecule has 0 saturated heterocycles. The average Bonchev–Trinajstić information content (AvgIpc) is 3.25. The van der Waals surface area contributed by atoms with Crippen LogP contribution in [0.15, 0.2) is 65.7 Å². The van der Waals surface area contributed by atoms with Crippen molar-refractivity contribution in [2.75, 3.05) is 6.61 Å². The number of fused-ring (bicyclic) bond motifs is 1. The Bertz CT molecular complexity index is 813. The van der Waals surface area contributed by atoms with Crippen molar-refractivity contribution in [1.82, 2.24) is 14.1 Å². The fraction of sp³-hybridized carbons (Fsp3) is 0.300. The van der Waals surface area contributed by atoms with Gasteiger partial charge in [0, 0.05) is 41.6 Å². The summed E-state index contributed by atoms with van der Waals surface area (Å²) < 4.78 is 39.5. The smallest absolute Gasteiger partial charge is 0.396 e. The predicted octanol–water partition coefficient (Wildman–Crippen LogP) is 4.31. The summed E-state index contributed by atoms with van der Waals surface area (Å²) in [4.78, 5) is 13.2. The van der Waals surface area contributed by atoms with E-state index < -0.39 is 11.7 Å². The van der Waals surface area contributed by atoms with Gasteiger partial charge in [0.2, 0.25) is 5.91 Å². The van der Waals surface area contributed by atoms with Gasteiger partial charge in [-0.3, -0.25) is 4.79 Å². The van der Waals surface area contributed by atoms with Gasteiger partial charge < -0.3 is 10.0 Å². The summed E-state index contributed by atoms with van der Waals surface area (Å²) in [5, 5.41) is 13.0.